The molecule has 2 heterocycles. The van der Waals surface area contributed by atoms with Gasteiger partial charge in [0.15, 0.2) is 5.17 Å². The predicted molar refractivity (Wildman–Crippen MR) is 143 cm³/mol. The lowest BCUT2D eigenvalue weighted by atomic mass is 9.95. The molecule has 0 spiro atoms. The van der Waals surface area contributed by atoms with Gasteiger partial charge in [0.2, 0.25) is 5.91 Å². The Kier molecular flexibility index (Phi) is 8.44. The molecular formula is C28H23F3N4O4S. The van der Waals surface area contributed by atoms with Crippen molar-refractivity contribution in [1.82, 2.24) is 5.32 Å². The third-order valence-corrected chi connectivity index (χ3v) is 7.15. The van der Waals surface area contributed by atoms with Crippen molar-refractivity contribution < 1.29 is 32.3 Å². The van der Waals surface area contributed by atoms with Crippen LogP contribution in [0.15, 0.2) is 76.4 Å². The number of ether oxygens (including phenoxy) is 1. The molecule has 0 radical (unpaired) electrons. The lowest BCUT2D eigenvalue weighted by Crippen LogP contribution is -2.36. The fraction of sp³-hybridized carbons (Fsp3) is 0.250. The molecule has 12 heteroatoms. The molecule has 4 rings (SSSR count). The van der Waals surface area contributed by atoms with Crippen LogP contribution in [0.4, 0.5) is 18.9 Å². The average molecular weight is 569 g/mol. The minimum absolute atomic E-state index is 0.0163. The zero-order chi connectivity index (χ0) is 29.0. The number of rotatable bonds is 6. The third-order valence-electron chi connectivity index (χ3n) is 6.08. The van der Waals surface area contributed by atoms with Crippen molar-refractivity contribution in [2.75, 3.05) is 17.3 Å². The number of esters is 1. The van der Waals surface area contributed by atoms with E-state index in [9.17, 15) is 32.8 Å². The Bertz CT molecular complexity index is 1490. The number of amides is 2. The highest BCUT2D eigenvalue weighted by atomic mass is 32.2. The van der Waals surface area contributed by atoms with E-state index in [0.29, 0.717) is 22.4 Å². The van der Waals surface area contributed by atoms with Crippen LogP contribution in [0.5, 0.6) is 0 Å². The van der Waals surface area contributed by atoms with Gasteiger partial charge < -0.3 is 4.74 Å². The van der Waals surface area contributed by atoms with Crippen molar-refractivity contribution in [3.05, 3.63) is 88.1 Å². The summed E-state index contributed by atoms with van der Waals surface area (Å²) < 4.78 is 46.1. The van der Waals surface area contributed by atoms with Crippen molar-refractivity contribution >= 4 is 40.4 Å². The van der Waals surface area contributed by atoms with E-state index in [-0.39, 0.29) is 35.2 Å². The highest BCUT2D eigenvalue weighted by Crippen LogP contribution is 2.41. The number of halogens is 3. The maximum Gasteiger partial charge on any atom is 0.416 e. The summed E-state index contributed by atoms with van der Waals surface area (Å²) in [6, 6.07) is 12.2. The first-order chi connectivity index (χ1) is 19.0. The topological polar surface area (TPSA) is 112 Å². The number of anilines is 1. The quantitative estimate of drug-likeness (QED) is 0.384. The number of amidine groups is 1. The van der Waals surface area contributed by atoms with E-state index in [4.69, 9.17) is 9.73 Å². The average Bonchev–Trinajstić information content (AvgIpc) is 2.90. The van der Waals surface area contributed by atoms with Crippen molar-refractivity contribution in [3.8, 4) is 6.07 Å². The highest BCUT2D eigenvalue weighted by Gasteiger charge is 2.37. The molecule has 0 saturated carbocycles. The fourth-order valence-corrected chi connectivity index (χ4v) is 5.33. The first-order valence-corrected chi connectivity index (χ1v) is 13.1. The lowest BCUT2D eigenvalue weighted by molar-refractivity contribution is -0.139. The number of alkyl halides is 3. The minimum atomic E-state index is -4.61. The number of nitriles is 1. The van der Waals surface area contributed by atoms with Gasteiger partial charge in [-0.2, -0.15) is 18.4 Å². The van der Waals surface area contributed by atoms with Gasteiger partial charge in [-0.15, -0.1) is 0 Å². The number of hydrogen-bond donors (Lipinski definition) is 1. The van der Waals surface area contributed by atoms with Crippen LogP contribution in [0, 0.1) is 11.3 Å². The van der Waals surface area contributed by atoms with E-state index < -0.39 is 35.6 Å². The molecule has 0 saturated heterocycles. The number of hydrogen-bond acceptors (Lipinski definition) is 8. The number of aliphatic imine (C=N–C) groups is 1. The van der Waals surface area contributed by atoms with Gasteiger partial charge in [0.05, 0.1) is 29.4 Å². The standard InChI is InChI=1S/C28H23F3N4O4S/c1-3-39-26(38)24-16(2)35(21-6-4-5-20(13-21)28(29,30)31)27(40-15-18-11-22(36)33-23(37)12-18)34-25(24)19-9-7-17(14-32)8-10-19/h4-11,13,25H,3,12,15H2,1-2H3,(H,33,36,37). The van der Waals surface area contributed by atoms with Crippen LogP contribution in [-0.4, -0.2) is 35.3 Å². The Morgan fingerprint density at radius 1 is 1.23 bits per heavy atom. The number of carbonyl (C=O) groups excluding carboxylic acids is 3. The second kappa shape index (κ2) is 11.8. The number of nitrogens with one attached hydrogen (secondary N) is 1. The maximum absolute atomic E-state index is 13.6. The van der Waals surface area contributed by atoms with Crippen LogP contribution in [0.25, 0.3) is 0 Å². The summed E-state index contributed by atoms with van der Waals surface area (Å²) in [7, 11) is 0. The first kappa shape index (κ1) is 28.6. The van der Waals surface area contributed by atoms with Crippen LogP contribution in [-0.2, 0) is 25.3 Å². The molecule has 2 aromatic carbocycles. The van der Waals surface area contributed by atoms with E-state index in [1.54, 1.807) is 38.1 Å². The van der Waals surface area contributed by atoms with Crippen molar-refractivity contribution in [3.63, 3.8) is 0 Å². The molecule has 1 N–H and O–H groups in total. The Balaban J connectivity index is 1.85. The molecule has 40 heavy (non-hydrogen) atoms. The Morgan fingerprint density at radius 2 is 1.95 bits per heavy atom. The second-order valence-corrected chi connectivity index (χ2v) is 9.77. The molecule has 1 atom stereocenters. The second-order valence-electron chi connectivity index (χ2n) is 8.83. The lowest BCUT2D eigenvalue weighted by Gasteiger charge is -2.35. The molecule has 2 aromatic rings. The summed E-state index contributed by atoms with van der Waals surface area (Å²) in [4.78, 5) is 43.1. The van der Waals surface area contributed by atoms with Crippen molar-refractivity contribution in [2.24, 2.45) is 4.99 Å². The number of nitrogens with zero attached hydrogens (tertiary/aromatic N) is 3. The molecule has 0 fully saturated rings. The van der Waals surface area contributed by atoms with Crippen molar-refractivity contribution in [2.45, 2.75) is 32.5 Å². The zero-order valence-electron chi connectivity index (χ0n) is 21.4. The summed E-state index contributed by atoms with van der Waals surface area (Å²) in [6.45, 7) is 3.29. The number of allylic oxidation sites excluding steroid dienone is 1. The normalized spacial score (nSPS) is 17.6. The predicted octanol–water partition coefficient (Wildman–Crippen LogP) is 5.04. The minimum Gasteiger partial charge on any atom is -0.463 e. The van der Waals surface area contributed by atoms with Crippen LogP contribution < -0.4 is 10.2 Å². The van der Waals surface area contributed by atoms with E-state index in [1.807, 2.05) is 6.07 Å². The summed E-state index contributed by atoms with van der Waals surface area (Å²) in [5, 5.41) is 11.6. The van der Waals surface area contributed by atoms with E-state index in [1.165, 1.54) is 23.1 Å². The van der Waals surface area contributed by atoms with Gasteiger partial charge >= 0.3 is 12.1 Å². The molecule has 2 amide bonds. The summed E-state index contributed by atoms with van der Waals surface area (Å²) >= 11 is 1.12. The van der Waals surface area contributed by atoms with E-state index in [2.05, 4.69) is 5.32 Å². The first-order valence-electron chi connectivity index (χ1n) is 12.1. The molecule has 8 nitrogen and oxygen atoms in total. The number of benzene rings is 2. The van der Waals surface area contributed by atoms with Gasteiger partial charge in [0.1, 0.15) is 6.04 Å². The molecular weight excluding hydrogens is 545 g/mol. The van der Waals surface area contributed by atoms with Crippen LogP contribution >= 0.6 is 11.8 Å². The van der Waals surface area contributed by atoms with Crippen LogP contribution in [0.2, 0.25) is 0 Å². The third kappa shape index (κ3) is 6.26. The number of thioether (sulfide) groups is 1. The molecule has 0 aromatic heterocycles. The smallest absolute Gasteiger partial charge is 0.416 e. The van der Waals surface area contributed by atoms with Crippen LogP contribution in [0.1, 0.15) is 43.0 Å². The monoisotopic (exact) mass is 568 g/mol. The van der Waals surface area contributed by atoms with Gasteiger partial charge in [0.25, 0.3) is 5.91 Å². The van der Waals surface area contributed by atoms with Crippen molar-refractivity contribution in [1.29, 1.82) is 5.26 Å². The summed E-state index contributed by atoms with van der Waals surface area (Å²) in [6.07, 6.45) is -3.32. The van der Waals surface area contributed by atoms with Gasteiger partial charge in [0, 0.05) is 29.6 Å². The molecule has 0 bridgehead atoms. The zero-order valence-corrected chi connectivity index (χ0v) is 22.2. The fourth-order valence-electron chi connectivity index (χ4n) is 4.28. The molecule has 206 valence electrons. The Labute approximate surface area is 232 Å². The molecule has 2 aliphatic rings. The number of imide groups is 1. The van der Waals surface area contributed by atoms with E-state index >= 15 is 0 Å². The van der Waals surface area contributed by atoms with Crippen LogP contribution in [0.3, 0.4) is 0 Å². The highest BCUT2D eigenvalue weighted by molar-refractivity contribution is 8.14. The van der Waals surface area contributed by atoms with Gasteiger partial charge in [-0.1, -0.05) is 30.0 Å². The van der Waals surface area contributed by atoms with Gasteiger partial charge in [-0.05, 0) is 55.3 Å². The molecule has 1 unspecified atom stereocenters. The van der Waals surface area contributed by atoms with Gasteiger partial charge in [-0.25, -0.2) is 9.79 Å². The Morgan fingerprint density at radius 3 is 2.58 bits per heavy atom. The molecule has 2 aliphatic heterocycles. The van der Waals surface area contributed by atoms with Gasteiger partial charge in [-0.3, -0.25) is 19.8 Å². The maximum atomic E-state index is 13.6. The summed E-state index contributed by atoms with van der Waals surface area (Å²) in [5.74, 6) is -1.55. The largest absolute Gasteiger partial charge is 0.463 e. The van der Waals surface area contributed by atoms with E-state index in [0.717, 1.165) is 23.9 Å². The number of carbonyl (C=O) groups is 3. The Hall–Kier alpha value is -4.37. The summed E-state index contributed by atoms with van der Waals surface area (Å²) in [5.41, 5.74) is 1.13. The molecule has 0 aliphatic carbocycles. The SMILES string of the molecule is CCOC(=O)C1=C(C)N(c2cccc(C(F)(F)F)c2)C(SCC2=CC(=O)NC(=O)C2)=NC1c1ccc(C#N)cc1.